The quantitative estimate of drug-likeness (QED) is 0.402. The summed E-state index contributed by atoms with van der Waals surface area (Å²) in [6.45, 7) is 1.52. The fourth-order valence-electron chi connectivity index (χ4n) is 1.48. The minimum Gasteiger partial charge on any atom is -0.490 e. The van der Waals surface area contributed by atoms with Crippen LogP contribution in [0.2, 0.25) is 0 Å². The lowest BCUT2D eigenvalue weighted by atomic mass is 10.4. The number of nitrogens with two attached hydrogens (primary N) is 1. The lowest BCUT2D eigenvalue weighted by Crippen LogP contribution is -2.22. The zero-order valence-electron chi connectivity index (χ0n) is 10.4. The van der Waals surface area contributed by atoms with E-state index in [1.165, 1.54) is 6.33 Å². The maximum absolute atomic E-state index is 5.36. The molecule has 0 radical (unpaired) electrons. The van der Waals surface area contributed by atoms with Crippen molar-refractivity contribution < 1.29 is 9.47 Å². The van der Waals surface area contributed by atoms with Crippen molar-refractivity contribution in [3.8, 4) is 5.75 Å². The van der Waals surface area contributed by atoms with Gasteiger partial charge in [0.2, 0.25) is 5.75 Å². The number of hydrazine groups is 1. The zero-order chi connectivity index (χ0) is 12.7. The van der Waals surface area contributed by atoms with Crippen LogP contribution in [0, 0.1) is 0 Å². The average molecular weight is 241 g/mol. The fraction of sp³-hybridized carbons (Fsp3) is 0.600. The monoisotopic (exact) mass is 241 g/mol. The molecule has 0 atom stereocenters. The van der Waals surface area contributed by atoms with Gasteiger partial charge in [-0.05, 0) is 6.42 Å². The van der Waals surface area contributed by atoms with Crippen LogP contribution in [0.4, 0.5) is 11.6 Å². The van der Waals surface area contributed by atoms with Crippen molar-refractivity contribution in [3.05, 3.63) is 6.33 Å². The molecular formula is C10H19N5O2. The summed E-state index contributed by atoms with van der Waals surface area (Å²) in [7, 11) is 5.18. The summed E-state index contributed by atoms with van der Waals surface area (Å²) in [5.41, 5.74) is 2.48. The minimum atomic E-state index is 0.469. The number of nitrogens with zero attached hydrogens (tertiary/aromatic N) is 3. The van der Waals surface area contributed by atoms with Crippen molar-refractivity contribution in [2.75, 3.05) is 44.7 Å². The van der Waals surface area contributed by atoms with Crippen molar-refractivity contribution >= 4 is 11.6 Å². The number of nitrogen functional groups attached to an aromatic ring is 1. The van der Waals surface area contributed by atoms with Gasteiger partial charge in [0.05, 0.1) is 7.11 Å². The van der Waals surface area contributed by atoms with Gasteiger partial charge in [-0.3, -0.25) is 0 Å². The molecule has 0 aromatic carbocycles. The number of ether oxygens (including phenoxy) is 2. The summed E-state index contributed by atoms with van der Waals surface area (Å²) in [4.78, 5) is 10.1. The largest absolute Gasteiger partial charge is 0.490 e. The van der Waals surface area contributed by atoms with Gasteiger partial charge in [0.25, 0.3) is 0 Å². The molecule has 0 unspecified atom stereocenters. The second-order valence-electron chi connectivity index (χ2n) is 3.49. The van der Waals surface area contributed by atoms with Gasteiger partial charge in [-0.2, -0.15) is 0 Å². The van der Waals surface area contributed by atoms with Gasteiger partial charge >= 0.3 is 0 Å². The molecule has 3 N–H and O–H groups in total. The SMILES string of the molecule is COCCCN(C)c1ncnc(NN)c1OC. The van der Waals surface area contributed by atoms with Gasteiger partial charge in [0.1, 0.15) is 6.33 Å². The van der Waals surface area contributed by atoms with Crippen LogP contribution in [0.5, 0.6) is 5.75 Å². The third-order valence-corrected chi connectivity index (χ3v) is 2.33. The first-order chi connectivity index (χ1) is 8.24. The number of methoxy groups -OCH3 is 2. The smallest absolute Gasteiger partial charge is 0.205 e. The van der Waals surface area contributed by atoms with E-state index >= 15 is 0 Å². The standard InChI is InChI=1S/C10H19N5O2/c1-15(5-4-6-16-2)10-8(17-3)9(14-11)12-7-13-10/h7H,4-6,11H2,1-3H3,(H,12,13,14). The Balaban J connectivity index is 2.81. The zero-order valence-corrected chi connectivity index (χ0v) is 10.4. The Morgan fingerprint density at radius 3 is 2.76 bits per heavy atom. The average Bonchev–Trinajstić information content (AvgIpc) is 2.37. The molecule has 0 aliphatic carbocycles. The normalized spacial score (nSPS) is 10.1. The number of anilines is 2. The molecule has 0 aliphatic heterocycles. The lowest BCUT2D eigenvalue weighted by Gasteiger charge is -2.21. The van der Waals surface area contributed by atoms with Crippen LogP contribution >= 0.6 is 0 Å². The summed E-state index contributed by atoms with van der Waals surface area (Å²) < 4.78 is 10.3. The lowest BCUT2D eigenvalue weighted by molar-refractivity contribution is 0.196. The Hall–Kier alpha value is -1.60. The summed E-state index contributed by atoms with van der Waals surface area (Å²) >= 11 is 0. The Morgan fingerprint density at radius 2 is 2.18 bits per heavy atom. The molecule has 1 aromatic heterocycles. The maximum Gasteiger partial charge on any atom is 0.205 e. The van der Waals surface area contributed by atoms with E-state index in [9.17, 15) is 0 Å². The molecule has 7 heteroatoms. The number of nitrogens with one attached hydrogen (secondary N) is 1. The summed E-state index contributed by atoms with van der Waals surface area (Å²) in [5, 5.41) is 0. The topological polar surface area (TPSA) is 85.5 Å². The Labute approximate surface area is 101 Å². The summed E-state index contributed by atoms with van der Waals surface area (Å²) in [6.07, 6.45) is 2.35. The third kappa shape index (κ3) is 3.43. The molecule has 0 saturated heterocycles. The highest BCUT2D eigenvalue weighted by Crippen LogP contribution is 2.30. The van der Waals surface area contributed by atoms with Gasteiger partial charge < -0.3 is 19.8 Å². The molecule has 0 amide bonds. The van der Waals surface area contributed by atoms with E-state index in [1.807, 2.05) is 11.9 Å². The molecule has 0 spiro atoms. The Morgan fingerprint density at radius 1 is 1.41 bits per heavy atom. The van der Waals surface area contributed by atoms with Gasteiger partial charge in [-0.1, -0.05) is 0 Å². The predicted molar refractivity (Wildman–Crippen MR) is 66.2 cm³/mol. The van der Waals surface area contributed by atoms with Crippen LogP contribution in [0.3, 0.4) is 0 Å². The minimum absolute atomic E-state index is 0.469. The second-order valence-corrected chi connectivity index (χ2v) is 3.49. The van der Waals surface area contributed by atoms with Crippen molar-refractivity contribution in [2.24, 2.45) is 5.84 Å². The highest BCUT2D eigenvalue weighted by Gasteiger charge is 2.14. The predicted octanol–water partition coefficient (Wildman–Crippen LogP) is 0.244. The van der Waals surface area contributed by atoms with Crippen molar-refractivity contribution in [1.29, 1.82) is 0 Å². The molecule has 7 nitrogen and oxygen atoms in total. The van der Waals surface area contributed by atoms with Gasteiger partial charge in [-0.25, -0.2) is 15.8 Å². The van der Waals surface area contributed by atoms with Gasteiger partial charge in [0, 0.05) is 27.3 Å². The van der Waals surface area contributed by atoms with Crippen LogP contribution in [0.1, 0.15) is 6.42 Å². The molecule has 0 bridgehead atoms. The first-order valence-corrected chi connectivity index (χ1v) is 5.30. The highest BCUT2D eigenvalue weighted by molar-refractivity contribution is 5.63. The van der Waals surface area contributed by atoms with Gasteiger partial charge in [-0.15, -0.1) is 0 Å². The molecule has 1 heterocycles. The van der Waals surface area contributed by atoms with Crippen LogP contribution in [0.25, 0.3) is 0 Å². The molecule has 1 rings (SSSR count). The molecule has 0 aliphatic rings. The van der Waals surface area contributed by atoms with Crippen LogP contribution in [-0.4, -0.2) is 44.4 Å². The Bertz CT molecular complexity index is 347. The van der Waals surface area contributed by atoms with E-state index in [2.05, 4.69) is 15.4 Å². The van der Waals surface area contributed by atoms with Crippen molar-refractivity contribution in [3.63, 3.8) is 0 Å². The molecular weight excluding hydrogens is 222 g/mol. The summed E-state index contributed by atoms with van der Waals surface area (Å²) in [6, 6.07) is 0. The number of hydrogen-bond acceptors (Lipinski definition) is 7. The number of aromatic nitrogens is 2. The summed E-state index contributed by atoms with van der Waals surface area (Å²) in [5.74, 6) is 7.06. The van der Waals surface area contributed by atoms with E-state index in [1.54, 1.807) is 14.2 Å². The Kier molecular flexibility index (Phi) is 5.44. The first kappa shape index (κ1) is 13.5. The van der Waals surface area contributed by atoms with Crippen molar-refractivity contribution in [2.45, 2.75) is 6.42 Å². The molecule has 17 heavy (non-hydrogen) atoms. The van der Waals surface area contributed by atoms with E-state index in [4.69, 9.17) is 15.3 Å². The van der Waals surface area contributed by atoms with Crippen LogP contribution in [0.15, 0.2) is 6.33 Å². The highest BCUT2D eigenvalue weighted by atomic mass is 16.5. The number of hydrogen-bond donors (Lipinski definition) is 2. The maximum atomic E-state index is 5.36. The molecule has 96 valence electrons. The van der Waals surface area contributed by atoms with Crippen molar-refractivity contribution in [1.82, 2.24) is 9.97 Å². The van der Waals surface area contributed by atoms with Crippen LogP contribution < -0.4 is 20.9 Å². The number of rotatable bonds is 7. The molecule has 0 saturated carbocycles. The van der Waals surface area contributed by atoms with E-state index < -0.39 is 0 Å². The second kappa shape index (κ2) is 6.87. The van der Waals surface area contributed by atoms with Gasteiger partial charge in [0.15, 0.2) is 11.6 Å². The first-order valence-electron chi connectivity index (χ1n) is 5.30. The molecule has 1 aromatic rings. The molecule has 0 fully saturated rings. The fourth-order valence-corrected chi connectivity index (χ4v) is 1.48. The van der Waals surface area contributed by atoms with E-state index in [-0.39, 0.29) is 0 Å². The third-order valence-electron chi connectivity index (χ3n) is 2.33. The van der Waals surface area contributed by atoms with E-state index in [0.717, 1.165) is 13.0 Å². The van der Waals surface area contributed by atoms with E-state index in [0.29, 0.717) is 24.0 Å². The van der Waals surface area contributed by atoms with Crippen LogP contribution in [-0.2, 0) is 4.74 Å².